The van der Waals surface area contributed by atoms with Crippen LogP contribution in [0.3, 0.4) is 0 Å². The highest BCUT2D eigenvalue weighted by molar-refractivity contribution is 5.75. The van der Waals surface area contributed by atoms with Crippen LogP contribution < -0.4 is 0 Å². The summed E-state index contributed by atoms with van der Waals surface area (Å²) in [6, 6.07) is 18.0. The van der Waals surface area contributed by atoms with Gasteiger partial charge in [-0.3, -0.25) is 9.69 Å². The number of ether oxygens (including phenoxy) is 1. The van der Waals surface area contributed by atoms with Crippen LogP contribution in [-0.4, -0.2) is 30.6 Å². The van der Waals surface area contributed by atoms with Gasteiger partial charge < -0.3 is 4.74 Å². The van der Waals surface area contributed by atoms with Gasteiger partial charge in [0, 0.05) is 6.54 Å². The number of hydrogen-bond donors (Lipinski definition) is 0. The van der Waals surface area contributed by atoms with Crippen LogP contribution in [0.25, 0.3) is 11.1 Å². The minimum absolute atomic E-state index is 0.140. The minimum atomic E-state index is -0.141. The van der Waals surface area contributed by atoms with Gasteiger partial charge in [0.15, 0.2) is 0 Å². The topological polar surface area (TPSA) is 53.3 Å². The zero-order chi connectivity index (χ0) is 17.6. The molecule has 0 aromatic heterocycles. The number of likely N-dealkylation sites (tertiary alicyclic amines) is 1. The van der Waals surface area contributed by atoms with Gasteiger partial charge in [-0.2, -0.15) is 5.26 Å². The molecule has 0 bridgehead atoms. The Labute approximate surface area is 148 Å². The van der Waals surface area contributed by atoms with Gasteiger partial charge in [0.1, 0.15) is 6.04 Å². The van der Waals surface area contributed by atoms with Crippen molar-refractivity contribution >= 4 is 5.97 Å². The van der Waals surface area contributed by atoms with Crippen LogP contribution in [0.1, 0.15) is 30.4 Å². The Morgan fingerprint density at radius 2 is 1.96 bits per heavy atom. The van der Waals surface area contributed by atoms with Crippen molar-refractivity contribution in [1.29, 1.82) is 5.26 Å². The molecule has 25 heavy (non-hydrogen) atoms. The molecule has 1 saturated heterocycles. The van der Waals surface area contributed by atoms with Gasteiger partial charge in [0.25, 0.3) is 0 Å². The first kappa shape index (κ1) is 17.2. The molecule has 1 atom stereocenters. The summed E-state index contributed by atoms with van der Waals surface area (Å²) in [5.41, 5.74) is 3.82. The second-order valence-corrected chi connectivity index (χ2v) is 6.36. The molecule has 0 spiro atoms. The monoisotopic (exact) mass is 334 g/mol. The first-order chi connectivity index (χ1) is 12.2. The Kier molecular flexibility index (Phi) is 5.47. The third-order valence-corrected chi connectivity index (χ3v) is 4.79. The Balaban J connectivity index is 1.76. The fraction of sp³-hybridized carbons (Fsp3) is 0.333. The zero-order valence-corrected chi connectivity index (χ0v) is 14.4. The number of nitrogens with zero attached hydrogens (tertiary/aromatic N) is 2. The lowest BCUT2D eigenvalue weighted by Gasteiger charge is -2.33. The van der Waals surface area contributed by atoms with Gasteiger partial charge in [0.2, 0.25) is 0 Å². The number of piperidine rings is 1. The Morgan fingerprint density at radius 1 is 1.20 bits per heavy atom. The Morgan fingerprint density at radius 3 is 2.68 bits per heavy atom. The van der Waals surface area contributed by atoms with E-state index in [0.29, 0.717) is 5.56 Å². The second-order valence-electron chi connectivity index (χ2n) is 6.36. The van der Waals surface area contributed by atoms with E-state index in [2.05, 4.69) is 23.1 Å². The molecule has 1 unspecified atom stereocenters. The molecule has 128 valence electrons. The van der Waals surface area contributed by atoms with Crippen LogP contribution in [0.5, 0.6) is 0 Å². The molecular weight excluding hydrogens is 312 g/mol. The number of carbonyl (C=O) groups is 1. The highest BCUT2D eigenvalue weighted by Crippen LogP contribution is 2.25. The molecule has 0 amide bonds. The lowest BCUT2D eigenvalue weighted by molar-refractivity contribution is -0.148. The number of benzene rings is 2. The summed E-state index contributed by atoms with van der Waals surface area (Å²) in [5.74, 6) is -0.140. The van der Waals surface area contributed by atoms with Crippen molar-refractivity contribution in [1.82, 2.24) is 4.90 Å². The molecule has 4 heteroatoms. The lowest BCUT2D eigenvalue weighted by Crippen LogP contribution is -2.44. The van der Waals surface area contributed by atoms with Crippen molar-refractivity contribution < 1.29 is 9.53 Å². The van der Waals surface area contributed by atoms with E-state index in [-0.39, 0.29) is 12.0 Å². The molecule has 1 aliphatic rings. The van der Waals surface area contributed by atoms with Crippen LogP contribution >= 0.6 is 0 Å². The van der Waals surface area contributed by atoms with E-state index in [4.69, 9.17) is 4.74 Å². The summed E-state index contributed by atoms with van der Waals surface area (Å²) < 4.78 is 4.95. The maximum absolute atomic E-state index is 12.0. The number of rotatable bonds is 4. The summed E-state index contributed by atoms with van der Waals surface area (Å²) in [7, 11) is 1.45. The maximum Gasteiger partial charge on any atom is 0.323 e. The predicted molar refractivity (Wildman–Crippen MR) is 96.7 cm³/mol. The van der Waals surface area contributed by atoms with E-state index < -0.39 is 0 Å². The Bertz CT molecular complexity index is 777. The average molecular weight is 334 g/mol. The molecule has 0 radical (unpaired) electrons. The molecule has 2 aromatic carbocycles. The minimum Gasteiger partial charge on any atom is -0.468 e. The molecule has 0 aliphatic carbocycles. The standard InChI is InChI=1S/C21H22N2O2/c1-25-21(24)20-8-4-5-13-23(20)15-16-9-11-17(12-10-16)19-7-3-2-6-18(19)14-22/h2-3,6-7,9-12,20H,4-5,8,13,15H2,1H3. The highest BCUT2D eigenvalue weighted by atomic mass is 16.5. The van der Waals surface area contributed by atoms with E-state index in [1.807, 2.05) is 36.4 Å². The van der Waals surface area contributed by atoms with Gasteiger partial charge in [-0.1, -0.05) is 48.9 Å². The second kappa shape index (κ2) is 7.96. The van der Waals surface area contributed by atoms with Gasteiger partial charge in [-0.25, -0.2) is 0 Å². The third-order valence-electron chi connectivity index (χ3n) is 4.79. The van der Waals surface area contributed by atoms with E-state index in [1.165, 1.54) is 7.11 Å². The number of carbonyl (C=O) groups excluding carboxylic acids is 1. The van der Waals surface area contributed by atoms with Crippen LogP contribution in [0, 0.1) is 11.3 Å². The van der Waals surface area contributed by atoms with E-state index >= 15 is 0 Å². The van der Waals surface area contributed by atoms with E-state index in [1.54, 1.807) is 0 Å². The molecule has 1 fully saturated rings. The molecule has 1 heterocycles. The number of methoxy groups -OCH3 is 1. The predicted octanol–water partition coefficient (Wildman–Crippen LogP) is 3.75. The van der Waals surface area contributed by atoms with Crippen molar-refractivity contribution in [3.63, 3.8) is 0 Å². The van der Waals surface area contributed by atoms with Gasteiger partial charge in [-0.05, 0) is 42.1 Å². The van der Waals surface area contributed by atoms with Crippen molar-refractivity contribution in [3.05, 3.63) is 59.7 Å². The average Bonchev–Trinajstić information content (AvgIpc) is 2.68. The Hall–Kier alpha value is -2.64. The number of hydrogen-bond acceptors (Lipinski definition) is 4. The molecule has 2 aromatic rings. The normalized spacial score (nSPS) is 17.7. The van der Waals surface area contributed by atoms with Gasteiger partial charge in [-0.15, -0.1) is 0 Å². The zero-order valence-electron chi connectivity index (χ0n) is 14.4. The summed E-state index contributed by atoms with van der Waals surface area (Å²) in [5, 5.41) is 9.25. The molecule has 1 aliphatic heterocycles. The molecule has 3 rings (SSSR count). The van der Waals surface area contributed by atoms with Crippen molar-refractivity contribution in [2.75, 3.05) is 13.7 Å². The van der Waals surface area contributed by atoms with Crippen LogP contribution in [0.4, 0.5) is 0 Å². The van der Waals surface area contributed by atoms with Crippen LogP contribution in [-0.2, 0) is 16.1 Å². The van der Waals surface area contributed by atoms with E-state index in [9.17, 15) is 10.1 Å². The maximum atomic E-state index is 12.0. The number of esters is 1. The quantitative estimate of drug-likeness (QED) is 0.799. The lowest BCUT2D eigenvalue weighted by atomic mass is 9.98. The molecule has 0 saturated carbocycles. The highest BCUT2D eigenvalue weighted by Gasteiger charge is 2.29. The van der Waals surface area contributed by atoms with Gasteiger partial charge >= 0.3 is 5.97 Å². The van der Waals surface area contributed by atoms with Crippen molar-refractivity contribution in [2.24, 2.45) is 0 Å². The smallest absolute Gasteiger partial charge is 0.323 e. The largest absolute Gasteiger partial charge is 0.468 e. The first-order valence-electron chi connectivity index (χ1n) is 8.63. The van der Waals surface area contributed by atoms with Crippen LogP contribution in [0.15, 0.2) is 48.5 Å². The molecule has 0 N–H and O–H groups in total. The van der Waals surface area contributed by atoms with E-state index in [0.717, 1.165) is 49.0 Å². The van der Waals surface area contributed by atoms with Crippen LogP contribution in [0.2, 0.25) is 0 Å². The molecule has 4 nitrogen and oxygen atoms in total. The van der Waals surface area contributed by atoms with Gasteiger partial charge in [0.05, 0.1) is 18.7 Å². The third kappa shape index (κ3) is 3.89. The summed E-state index contributed by atoms with van der Waals surface area (Å²) in [6.45, 7) is 1.65. The summed E-state index contributed by atoms with van der Waals surface area (Å²) in [4.78, 5) is 14.2. The fourth-order valence-corrected chi connectivity index (χ4v) is 3.44. The van der Waals surface area contributed by atoms with Crippen molar-refractivity contribution in [3.8, 4) is 17.2 Å². The fourth-order valence-electron chi connectivity index (χ4n) is 3.44. The summed E-state index contributed by atoms with van der Waals surface area (Å²) in [6.07, 6.45) is 3.04. The van der Waals surface area contributed by atoms with Crippen molar-refractivity contribution in [2.45, 2.75) is 31.8 Å². The first-order valence-corrected chi connectivity index (χ1v) is 8.63. The summed E-state index contributed by atoms with van der Waals surface area (Å²) >= 11 is 0. The number of nitriles is 1. The molecular formula is C21H22N2O2. The SMILES string of the molecule is COC(=O)C1CCCCN1Cc1ccc(-c2ccccc2C#N)cc1.